The van der Waals surface area contributed by atoms with Gasteiger partial charge in [-0.3, -0.25) is 0 Å². The summed E-state index contributed by atoms with van der Waals surface area (Å²) in [7, 11) is 0. The number of halogens is 3. The molecule has 3 aliphatic rings. The van der Waals surface area contributed by atoms with E-state index in [0.29, 0.717) is 11.5 Å². The molecule has 0 spiro atoms. The first-order valence-corrected chi connectivity index (χ1v) is 10.7. The third-order valence-electron chi connectivity index (χ3n) is 6.57. The van der Waals surface area contributed by atoms with Gasteiger partial charge in [-0.1, -0.05) is 30.9 Å². The molecule has 2 atom stereocenters. The standard InChI is InChI=1S/C23H24ClF2NO/c24-15-10-19(25)22(20(26)11-15)14-8-16(13-4-2-1-3-5-13)23-17(9-14)18-12-27-7-6-21(18)28-23/h8-11,13,18,21,27H,1-7,12H2/t18-,21-/m0/s1. The second-order valence-electron chi connectivity index (χ2n) is 8.32. The molecule has 28 heavy (non-hydrogen) atoms. The highest BCUT2D eigenvalue weighted by Gasteiger charge is 2.39. The van der Waals surface area contributed by atoms with Crippen molar-refractivity contribution in [2.24, 2.45) is 0 Å². The molecule has 2 nitrogen and oxygen atoms in total. The maximum atomic E-state index is 14.7. The van der Waals surface area contributed by atoms with Crippen molar-refractivity contribution in [3.05, 3.63) is 52.0 Å². The Bertz CT molecular complexity index is 887. The third-order valence-corrected chi connectivity index (χ3v) is 6.79. The van der Waals surface area contributed by atoms with Crippen LogP contribution in [-0.4, -0.2) is 19.2 Å². The van der Waals surface area contributed by atoms with Gasteiger partial charge in [-0.05, 0) is 67.1 Å². The van der Waals surface area contributed by atoms with E-state index in [9.17, 15) is 8.78 Å². The molecule has 148 valence electrons. The maximum absolute atomic E-state index is 14.7. The molecule has 2 aliphatic heterocycles. The van der Waals surface area contributed by atoms with Crippen LogP contribution >= 0.6 is 11.6 Å². The molecule has 0 radical (unpaired) electrons. The molecule has 1 aliphatic carbocycles. The zero-order valence-electron chi connectivity index (χ0n) is 15.7. The van der Waals surface area contributed by atoms with Crippen LogP contribution in [-0.2, 0) is 0 Å². The molecular formula is C23H24ClF2NO. The smallest absolute Gasteiger partial charge is 0.135 e. The Kier molecular flexibility index (Phi) is 4.80. The normalized spacial score (nSPS) is 24.5. The second kappa shape index (κ2) is 7.31. The summed E-state index contributed by atoms with van der Waals surface area (Å²) in [5.74, 6) is 0.385. The lowest BCUT2D eigenvalue weighted by Gasteiger charge is -2.25. The van der Waals surface area contributed by atoms with Gasteiger partial charge in [0.2, 0.25) is 0 Å². The zero-order chi connectivity index (χ0) is 19.3. The van der Waals surface area contributed by atoms with Gasteiger partial charge in [0.25, 0.3) is 0 Å². The van der Waals surface area contributed by atoms with Gasteiger partial charge >= 0.3 is 0 Å². The van der Waals surface area contributed by atoms with Crippen molar-refractivity contribution in [2.75, 3.05) is 13.1 Å². The van der Waals surface area contributed by atoms with Crippen LogP contribution in [0.25, 0.3) is 11.1 Å². The molecular weight excluding hydrogens is 380 g/mol. The van der Waals surface area contributed by atoms with Crippen LogP contribution < -0.4 is 10.1 Å². The molecule has 5 heteroatoms. The van der Waals surface area contributed by atoms with E-state index in [-0.39, 0.29) is 22.6 Å². The molecule has 1 saturated heterocycles. The molecule has 0 unspecified atom stereocenters. The number of benzene rings is 2. The van der Waals surface area contributed by atoms with Crippen molar-refractivity contribution in [3.8, 4) is 16.9 Å². The summed E-state index contributed by atoms with van der Waals surface area (Å²) in [6.45, 7) is 1.79. The van der Waals surface area contributed by atoms with Gasteiger partial charge in [-0.15, -0.1) is 0 Å². The molecule has 5 rings (SSSR count). The Hall–Kier alpha value is -1.65. The highest BCUT2D eigenvalue weighted by molar-refractivity contribution is 6.30. The lowest BCUT2D eigenvalue weighted by molar-refractivity contribution is 0.170. The van der Waals surface area contributed by atoms with E-state index in [2.05, 4.69) is 5.32 Å². The summed E-state index contributed by atoms with van der Waals surface area (Å²) in [4.78, 5) is 0. The summed E-state index contributed by atoms with van der Waals surface area (Å²) in [6.07, 6.45) is 6.99. The summed E-state index contributed by atoms with van der Waals surface area (Å²) in [5, 5.41) is 3.52. The van der Waals surface area contributed by atoms with E-state index in [1.54, 1.807) is 0 Å². The Labute approximate surface area is 169 Å². The number of fused-ring (bicyclic) bond motifs is 3. The van der Waals surface area contributed by atoms with Crippen LogP contribution in [0.2, 0.25) is 5.02 Å². The van der Waals surface area contributed by atoms with Crippen LogP contribution in [0.3, 0.4) is 0 Å². The fourth-order valence-corrected chi connectivity index (χ4v) is 5.39. The Morgan fingerprint density at radius 2 is 1.64 bits per heavy atom. The maximum Gasteiger partial charge on any atom is 0.135 e. The predicted molar refractivity (Wildman–Crippen MR) is 107 cm³/mol. The van der Waals surface area contributed by atoms with Gasteiger partial charge in [-0.25, -0.2) is 8.78 Å². The van der Waals surface area contributed by atoms with Crippen LogP contribution in [0.15, 0.2) is 24.3 Å². The first kappa shape index (κ1) is 18.4. The topological polar surface area (TPSA) is 21.3 Å². The Morgan fingerprint density at radius 1 is 0.929 bits per heavy atom. The van der Waals surface area contributed by atoms with Crippen molar-refractivity contribution >= 4 is 11.6 Å². The number of hydrogen-bond donors (Lipinski definition) is 1. The monoisotopic (exact) mass is 403 g/mol. The summed E-state index contributed by atoms with van der Waals surface area (Å²) in [5.41, 5.74) is 2.84. The first-order valence-electron chi connectivity index (χ1n) is 10.3. The molecule has 2 heterocycles. The van der Waals surface area contributed by atoms with Gasteiger partial charge in [0.1, 0.15) is 23.5 Å². The van der Waals surface area contributed by atoms with E-state index in [1.165, 1.54) is 31.4 Å². The molecule has 0 bridgehead atoms. The molecule has 1 N–H and O–H groups in total. The van der Waals surface area contributed by atoms with Gasteiger partial charge in [0.05, 0.1) is 5.56 Å². The van der Waals surface area contributed by atoms with Crippen LogP contribution in [0.4, 0.5) is 8.78 Å². The minimum Gasteiger partial charge on any atom is -0.489 e. The van der Waals surface area contributed by atoms with E-state index < -0.39 is 11.6 Å². The largest absolute Gasteiger partial charge is 0.489 e. The quantitative estimate of drug-likeness (QED) is 0.647. The Morgan fingerprint density at radius 3 is 2.39 bits per heavy atom. The lowest BCUT2D eigenvalue weighted by Crippen LogP contribution is -2.37. The summed E-state index contributed by atoms with van der Waals surface area (Å²) >= 11 is 5.84. The Balaban J connectivity index is 1.67. The van der Waals surface area contributed by atoms with Gasteiger partial charge in [0.15, 0.2) is 0 Å². The first-order chi connectivity index (χ1) is 13.6. The number of piperidine rings is 1. The van der Waals surface area contributed by atoms with E-state index >= 15 is 0 Å². The highest BCUT2D eigenvalue weighted by atomic mass is 35.5. The summed E-state index contributed by atoms with van der Waals surface area (Å²) < 4.78 is 35.8. The average Bonchev–Trinajstić information content (AvgIpc) is 3.06. The number of nitrogens with one attached hydrogen (secondary N) is 1. The average molecular weight is 404 g/mol. The number of hydrogen-bond acceptors (Lipinski definition) is 2. The van der Waals surface area contributed by atoms with E-state index in [0.717, 1.165) is 49.2 Å². The molecule has 1 saturated carbocycles. The van der Waals surface area contributed by atoms with Crippen molar-refractivity contribution in [1.82, 2.24) is 5.32 Å². The predicted octanol–water partition coefficient (Wildman–Crippen LogP) is 6.17. The number of rotatable bonds is 2. The molecule has 2 fully saturated rings. The van der Waals surface area contributed by atoms with Gasteiger partial charge < -0.3 is 10.1 Å². The summed E-state index contributed by atoms with van der Waals surface area (Å²) in [6, 6.07) is 6.29. The molecule has 2 aromatic carbocycles. The van der Waals surface area contributed by atoms with Crippen LogP contribution in [0, 0.1) is 11.6 Å². The fraction of sp³-hybridized carbons (Fsp3) is 0.478. The van der Waals surface area contributed by atoms with Crippen LogP contribution in [0.5, 0.6) is 5.75 Å². The second-order valence-corrected chi connectivity index (χ2v) is 8.76. The SMILES string of the molecule is Fc1cc(Cl)cc(F)c1-c1cc(C2CCCCC2)c2c(c1)[C@@H]1CNCC[C@@H]1O2. The zero-order valence-corrected chi connectivity index (χ0v) is 16.5. The fourth-order valence-electron chi connectivity index (χ4n) is 5.20. The van der Waals surface area contributed by atoms with Crippen molar-refractivity contribution in [1.29, 1.82) is 0 Å². The van der Waals surface area contributed by atoms with Gasteiger partial charge in [-0.2, -0.15) is 0 Å². The van der Waals surface area contributed by atoms with Crippen molar-refractivity contribution in [2.45, 2.75) is 56.5 Å². The molecule has 2 aromatic rings. The van der Waals surface area contributed by atoms with Gasteiger partial charge in [0, 0.05) is 23.0 Å². The third kappa shape index (κ3) is 3.11. The highest BCUT2D eigenvalue weighted by Crippen LogP contribution is 2.49. The minimum atomic E-state index is -0.614. The minimum absolute atomic E-state index is 0.0106. The van der Waals surface area contributed by atoms with Crippen LogP contribution in [0.1, 0.15) is 61.5 Å². The molecule has 0 aromatic heterocycles. The van der Waals surface area contributed by atoms with E-state index in [1.807, 2.05) is 12.1 Å². The van der Waals surface area contributed by atoms with Crippen molar-refractivity contribution in [3.63, 3.8) is 0 Å². The molecule has 0 amide bonds. The lowest BCUT2D eigenvalue weighted by atomic mass is 9.80. The number of ether oxygens (including phenoxy) is 1. The van der Waals surface area contributed by atoms with Crippen molar-refractivity contribution < 1.29 is 13.5 Å². The van der Waals surface area contributed by atoms with E-state index in [4.69, 9.17) is 16.3 Å².